The Hall–Kier alpha value is -1.97. The maximum absolute atomic E-state index is 8.25. The van der Waals surface area contributed by atoms with Gasteiger partial charge in [-0.25, -0.2) is 0 Å². The molecule has 124 valence electrons. The smallest absolute Gasteiger partial charge is 0.0826 e. The number of nitrogens with zero attached hydrogens (tertiary/aromatic N) is 2. The highest BCUT2D eigenvalue weighted by Crippen LogP contribution is 2.33. The van der Waals surface area contributed by atoms with Gasteiger partial charge in [0.1, 0.15) is 0 Å². The zero-order chi connectivity index (χ0) is 17.3. The summed E-state index contributed by atoms with van der Waals surface area (Å²) in [7, 11) is 6.57. The molecule has 0 N–H and O–H groups in total. The van der Waals surface area contributed by atoms with Gasteiger partial charge >= 0.3 is 0 Å². The Balaban J connectivity index is 0.000000593. The van der Waals surface area contributed by atoms with Gasteiger partial charge in [-0.05, 0) is 18.5 Å². The largest absolute Gasteiger partial charge is 0.356 e. The number of benzene rings is 2. The fourth-order valence-electron chi connectivity index (χ4n) is 2.02. The zero-order valence-electron chi connectivity index (χ0n) is 13.8. The SMILES string of the molecule is C[N+](C)(C)CCP(c1ccccc1)c1ccccc1.O=[N+]([O-])[O-]. The first-order valence-electron chi connectivity index (χ1n) is 7.29. The van der Waals surface area contributed by atoms with Crippen molar-refractivity contribution in [2.24, 2.45) is 0 Å². The lowest BCUT2D eigenvalue weighted by molar-refractivity contribution is -0.867. The van der Waals surface area contributed by atoms with Crippen LogP contribution in [0.4, 0.5) is 0 Å². The summed E-state index contributed by atoms with van der Waals surface area (Å²) >= 11 is 0. The first-order valence-corrected chi connectivity index (χ1v) is 8.82. The van der Waals surface area contributed by atoms with Crippen LogP contribution >= 0.6 is 7.92 Å². The van der Waals surface area contributed by atoms with Gasteiger partial charge in [0.15, 0.2) is 0 Å². The van der Waals surface area contributed by atoms with Gasteiger partial charge < -0.3 is 19.8 Å². The van der Waals surface area contributed by atoms with E-state index in [-0.39, 0.29) is 7.92 Å². The highest BCUT2D eigenvalue weighted by atomic mass is 31.1. The highest BCUT2D eigenvalue weighted by molar-refractivity contribution is 7.73. The summed E-state index contributed by atoms with van der Waals surface area (Å²) in [6.07, 6.45) is 1.24. The lowest BCUT2D eigenvalue weighted by Crippen LogP contribution is -2.37. The van der Waals surface area contributed by atoms with E-state index in [1.807, 2.05) is 0 Å². The van der Waals surface area contributed by atoms with Crippen molar-refractivity contribution in [3.63, 3.8) is 0 Å². The van der Waals surface area contributed by atoms with Crippen molar-refractivity contribution in [1.82, 2.24) is 0 Å². The minimum Gasteiger partial charge on any atom is -0.356 e. The number of rotatable bonds is 5. The van der Waals surface area contributed by atoms with Crippen molar-refractivity contribution < 1.29 is 9.57 Å². The van der Waals surface area contributed by atoms with Crippen molar-refractivity contribution in [3.05, 3.63) is 76.0 Å². The normalized spacial score (nSPS) is 10.8. The van der Waals surface area contributed by atoms with Gasteiger partial charge in [0.05, 0.1) is 32.8 Å². The maximum atomic E-state index is 8.25. The molecule has 0 fully saturated rings. The Kier molecular flexibility index (Phi) is 7.66. The summed E-state index contributed by atoms with van der Waals surface area (Å²) < 4.78 is 1.03. The molecule has 0 aliphatic heterocycles. The van der Waals surface area contributed by atoms with Crippen LogP contribution in [0.1, 0.15) is 0 Å². The van der Waals surface area contributed by atoms with E-state index in [1.54, 1.807) is 0 Å². The topological polar surface area (TPSA) is 66.2 Å². The van der Waals surface area contributed by atoms with E-state index in [1.165, 1.54) is 23.3 Å². The minimum absolute atomic E-state index is 0.231. The molecule has 0 spiro atoms. The molecule has 0 saturated carbocycles. The summed E-state index contributed by atoms with van der Waals surface area (Å²) in [5.74, 6) is 0. The van der Waals surface area contributed by atoms with E-state index in [0.717, 1.165) is 4.48 Å². The molecule has 0 amide bonds. The molecular formula is C17H23N2O3P. The fraction of sp³-hybridized carbons (Fsp3) is 0.294. The molecule has 0 radical (unpaired) electrons. The molecule has 0 saturated heterocycles. The molecule has 2 rings (SSSR count). The Morgan fingerprint density at radius 3 is 1.52 bits per heavy atom. The summed E-state index contributed by atoms with van der Waals surface area (Å²) in [5.41, 5.74) is 0. The molecule has 5 nitrogen and oxygen atoms in total. The van der Waals surface area contributed by atoms with Crippen LogP contribution in [0.5, 0.6) is 0 Å². The third-order valence-electron chi connectivity index (χ3n) is 3.13. The van der Waals surface area contributed by atoms with Gasteiger partial charge in [0.2, 0.25) is 0 Å². The summed E-state index contributed by atoms with van der Waals surface area (Å²) in [6, 6.07) is 21.9. The first kappa shape index (κ1) is 19.1. The van der Waals surface area contributed by atoms with Crippen molar-refractivity contribution in [1.29, 1.82) is 0 Å². The summed E-state index contributed by atoms with van der Waals surface area (Å²) in [4.78, 5) is 8.25. The summed E-state index contributed by atoms with van der Waals surface area (Å²) in [5, 5.41) is 17.7. The van der Waals surface area contributed by atoms with E-state index < -0.39 is 5.09 Å². The predicted octanol–water partition coefficient (Wildman–Crippen LogP) is 2.59. The van der Waals surface area contributed by atoms with Crippen LogP contribution in [-0.4, -0.2) is 43.4 Å². The third-order valence-corrected chi connectivity index (χ3v) is 5.62. The van der Waals surface area contributed by atoms with Crippen molar-refractivity contribution >= 4 is 18.5 Å². The highest BCUT2D eigenvalue weighted by Gasteiger charge is 2.17. The van der Waals surface area contributed by atoms with Crippen molar-refractivity contribution in [3.8, 4) is 0 Å². The second-order valence-electron chi connectivity index (χ2n) is 6.06. The van der Waals surface area contributed by atoms with Gasteiger partial charge in [0.25, 0.3) is 0 Å². The average Bonchev–Trinajstić information content (AvgIpc) is 2.48. The van der Waals surface area contributed by atoms with Crippen LogP contribution in [0.15, 0.2) is 60.7 Å². The molecule has 0 heterocycles. The van der Waals surface area contributed by atoms with E-state index in [2.05, 4.69) is 81.8 Å². The summed E-state index contributed by atoms with van der Waals surface area (Å²) in [6.45, 7) is 1.20. The third kappa shape index (κ3) is 8.29. The van der Waals surface area contributed by atoms with Crippen LogP contribution in [0.3, 0.4) is 0 Å². The Bertz CT molecular complexity index is 542. The molecule has 0 aromatic heterocycles. The average molecular weight is 334 g/mol. The number of hydrogen-bond acceptors (Lipinski definition) is 3. The molecule has 6 heteroatoms. The molecule has 23 heavy (non-hydrogen) atoms. The van der Waals surface area contributed by atoms with Gasteiger partial charge in [-0.3, -0.25) is 0 Å². The molecular weight excluding hydrogens is 311 g/mol. The van der Waals surface area contributed by atoms with E-state index in [0.29, 0.717) is 0 Å². The zero-order valence-corrected chi connectivity index (χ0v) is 14.6. The maximum Gasteiger partial charge on any atom is 0.0826 e. The molecule has 0 atom stereocenters. The monoisotopic (exact) mass is 334 g/mol. The molecule has 0 aliphatic rings. The molecule has 2 aromatic carbocycles. The van der Waals surface area contributed by atoms with Crippen molar-refractivity contribution in [2.45, 2.75) is 0 Å². The first-order chi connectivity index (χ1) is 10.8. The van der Waals surface area contributed by atoms with Gasteiger partial charge in [-0.1, -0.05) is 60.7 Å². The van der Waals surface area contributed by atoms with Crippen LogP contribution in [-0.2, 0) is 0 Å². The Morgan fingerprint density at radius 2 is 1.22 bits per heavy atom. The van der Waals surface area contributed by atoms with E-state index in [9.17, 15) is 0 Å². The van der Waals surface area contributed by atoms with Crippen molar-refractivity contribution in [2.75, 3.05) is 33.8 Å². The molecule has 2 aromatic rings. The standard InChI is InChI=1S/C17H23NP.NO3/c1-18(2,3)14-15-19(16-10-6-4-7-11-16)17-12-8-5-9-13-17;2-1(3)4/h4-13H,14-15H2,1-3H3;/q+1;-1. The lowest BCUT2D eigenvalue weighted by Gasteiger charge is -2.27. The quantitative estimate of drug-likeness (QED) is 0.365. The van der Waals surface area contributed by atoms with Crippen LogP contribution in [0, 0.1) is 15.3 Å². The van der Waals surface area contributed by atoms with Gasteiger partial charge in [-0.2, -0.15) is 0 Å². The van der Waals surface area contributed by atoms with E-state index >= 15 is 0 Å². The Labute approximate surface area is 138 Å². The molecule has 0 unspecified atom stereocenters. The molecule has 0 aliphatic carbocycles. The predicted molar refractivity (Wildman–Crippen MR) is 97.2 cm³/mol. The minimum atomic E-state index is -1.75. The van der Waals surface area contributed by atoms with E-state index in [4.69, 9.17) is 15.3 Å². The lowest BCUT2D eigenvalue weighted by atomic mass is 10.4. The second kappa shape index (κ2) is 9.23. The molecule has 0 bridgehead atoms. The van der Waals surface area contributed by atoms with Crippen LogP contribution < -0.4 is 10.6 Å². The Morgan fingerprint density at radius 1 is 0.870 bits per heavy atom. The number of quaternary nitrogens is 1. The van der Waals surface area contributed by atoms with Gasteiger partial charge in [-0.15, -0.1) is 0 Å². The second-order valence-corrected chi connectivity index (χ2v) is 8.40. The fourth-order valence-corrected chi connectivity index (χ4v) is 4.70. The number of hydrogen-bond donors (Lipinski definition) is 0. The van der Waals surface area contributed by atoms with Crippen LogP contribution in [0.25, 0.3) is 0 Å². The van der Waals surface area contributed by atoms with Gasteiger partial charge in [0, 0.05) is 6.16 Å². The van der Waals surface area contributed by atoms with Crippen LogP contribution in [0.2, 0.25) is 0 Å².